The molecule has 2 rings (SSSR count). The predicted octanol–water partition coefficient (Wildman–Crippen LogP) is 3.15. The number of terminal acetylenes is 1. The molecule has 96 valence electrons. The molecular weight excluding hydrogens is 240 g/mol. The van der Waals surface area contributed by atoms with Gasteiger partial charge in [0.25, 0.3) is 0 Å². The summed E-state index contributed by atoms with van der Waals surface area (Å²) in [5.74, 6) is 2.96. The highest BCUT2D eigenvalue weighted by Gasteiger charge is 2.12. The van der Waals surface area contributed by atoms with E-state index in [0.29, 0.717) is 22.5 Å². The van der Waals surface area contributed by atoms with Gasteiger partial charge in [-0.25, -0.2) is 4.79 Å². The summed E-state index contributed by atoms with van der Waals surface area (Å²) in [7, 11) is 0. The zero-order valence-electron chi connectivity index (χ0n) is 10.9. The number of ether oxygens (including phenoxy) is 1. The predicted molar refractivity (Wildman–Crippen MR) is 76.3 cm³/mol. The van der Waals surface area contributed by atoms with Crippen molar-refractivity contribution in [2.24, 2.45) is 0 Å². The zero-order chi connectivity index (χ0) is 14.0. The molecule has 0 radical (unpaired) electrons. The maximum Gasteiger partial charge on any atom is 0.344 e. The fourth-order valence-electron chi connectivity index (χ4n) is 2.04. The molecule has 0 atom stereocenters. The van der Waals surface area contributed by atoms with Gasteiger partial charge in [-0.3, -0.25) is 0 Å². The van der Waals surface area contributed by atoms with Gasteiger partial charge in [0.1, 0.15) is 17.9 Å². The topological polar surface area (TPSA) is 39.4 Å². The van der Waals surface area contributed by atoms with Crippen LogP contribution in [-0.4, -0.2) is 6.61 Å². The van der Waals surface area contributed by atoms with Crippen molar-refractivity contribution in [3.8, 4) is 18.1 Å². The van der Waals surface area contributed by atoms with Crippen LogP contribution >= 0.6 is 0 Å². The number of rotatable bonds is 3. The van der Waals surface area contributed by atoms with Crippen LogP contribution in [0, 0.1) is 19.3 Å². The largest absolute Gasteiger partial charge is 0.481 e. The maximum absolute atomic E-state index is 11.9. The van der Waals surface area contributed by atoms with E-state index in [1.807, 2.05) is 13.0 Å². The standard InChI is InChI=1S/C16H14O3/c1-5-8-18-12-6-7-13-11(4)15(10(2)3)16(17)19-14(13)9-12/h1,6-7,9H,2,8H2,3-4H3. The van der Waals surface area contributed by atoms with Gasteiger partial charge in [0.15, 0.2) is 0 Å². The molecule has 1 aromatic heterocycles. The van der Waals surface area contributed by atoms with Gasteiger partial charge in [0.05, 0.1) is 5.56 Å². The lowest BCUT2D eigenvalue weighted by atomic mass is 10.0. The van der Waals surface area contributed by atoms with Gasteiger partial charge < -0.3 is 9.15 Å². The van der Waals surface area contributed by atoms with Crippen LogP contribution in [0.2, 0.25) is 0 Å². The van der Waals surface area contributed by atoms with E-state index in [4.69, 9.17) is 15.6 Å². The molecule has 0 aliphatic rings. The van der Waals surface area contributed by atoms with Gasteiger partial charge in [-0.05, 0) is 37.1 Å². The Labute approximate surface area is 111 Å². The molecule has 0 aliphatic carbocycles. The van der Waals surface area contributed by atoms with Crippen molar-refractivity contribution >= 4 is 16.5 Å². The Hall–Kier alpha value is -2.47. The van der Waals surface area contributed by atoms with Crippen molar-refractivity contribution in [2.45, 2.75) is 13.8 Å². The van der Waals surface area contributed by atoms with Gasteiger partial charge in [-0.15, -0.1) is 6.42 Å². The second kappa shape index (κ2) is 5.03. The molecule has 0 N–H and O–H groups in total. The van der Waals surface area contributed by atoms with Crippen LogP contribution in [0.5, 0.6) is 5.75 Å². The van der Waals surface area contributed by atoms with Gasteiger partial charge in [-0.2, -0.15) is 0 Å². The molecule has 0 spiro atoms. The summed E-state index contributed by atoms with van der Waals surface area (Å²) in [6, 6.07) is 5.32. The molecule has 0 fully saturated rings. The summed E-state index contributed by atoms with van der Waals surface area (Å²) in [5, 5.41) is 0.866. The van der Waals surface area contributed by atoms with Crippen molar-refractivity contribution in [2.75, 3.05) is 6.61 Å². The van der Waals surface area contributed by atoms with E-state index in [-0.39, 0.29) is 12.2 Å². The van der Waals surface area contributed by atoms with Crippen LogP contribution in [0.25, 0.3) is 16.5 Å². The third kappa shape index (κ3) is 2.38. The zero-order valence-corrected chi connectivity index (χ0v) is 10.9. The molecule has 3 nitrogen and oxygen atoms in total. The number of hydrogen-bond donors (Lipinski definition) is 0. The van der Waals surface area contributed by atoms with E-state index < -0.39 is 0 Å². The van der Waals surface area contributed by atoms with E-state index in [9.17, 15) is 4.79 Å². The van der Waals surface area contributed by atoms with Crippen molar-refractivity contribution < 1.29 is 9.15 Å². The van der Waals surface area contributed by atoms with Crippen molar-refractivity contribution in [3.63, 3.8) is 0 Å². The van der Waals surface area contributed by atoms with E-state index in [1.165, 1.54) is 0 Å². The Morgan fingerprint density at radius 3 is 2.89 bits per heavy atom. The first kappa shape index (κ1) is 13.0. The molecule has 1 heterocycles. The van der Waals surface area contributed by atoms with Crippen molar-refractivity contribution in [1.82, 2.24) is 0 Å². The first-order valence-corrected chi connectivity index (χ1v) is 5.84. The lowest BCUT2D eigenvalue weighted by Gasteiger charge is -2.08. The summed E-state index contributed by atoms with van der Waals surface area (Å²) >= 11 is 0. The van der Waals surface area contributed by atoms with Gasteiger partial charge in [0.2, 0.25) is 0 Å². The first-order chi connectivity index (χ1) is 9.04. The number of fused-ring (bicyclic) bond motifs is 1. The third-order valence-corrected chi connectivity index (χ3v) is 2.89. The molecule has 19 heavy (non-hydrogen) atoms. The number of benzene rings is 1. The number of hydrogen-bond acceptors (Lipinski definition) is 3. The van der Waals surface area contributed by atoms with Gasteiger partial charge in [-0.1, -0.05) is 12.5 Å². The number of aryl methyl sites for hydroxylation is 1. The van der Waals surface area contributed by atoms with Crippen molar-refractivity contribution in [1.29, 1.82) is 0 Å². The fraction of sp³-hybridized carbons (Fsp3) is 0.188. The van der Waals surface area contributed by atoms with E-state index >= 15 is 0 Å². The van der Waals surface area contributed by atoms with Gasteiger partial charge >= 0.3 is 5.63 Å². The minimum absolute atomic E-state index is 0.179. The first-order valence-electron chi connectivity index (χ1n) is 5.84. The second-order valence-corrected chi connectivity index (χ2v) is 4.32. The summed E-state index contributed by atoms with van der Waals surface area (Å²) in [4.78, 5) is 11.9. The summed E-state index contributed by atoms with van der Waals surface area (Å²) in [6.07, 6.45) is 5.13. The van der Waals surface area contributed by atoms with E-state index in [0.717, 1.165) is 10.9 Å². The number of allylic oxidation sites excluding steroid dienone is 1. The Kier molecular flexibility index (Phi) is 3.43. The van der Waals surface area contributed by atoms with Crippen LogP contribution in [0.4, 0.5) is 0 Å². The van der Waals surface area contributed by atoms with E-state index in [1.54, 1.807) is 19.1 Å². The molecule has 0 unspecified atom stereocenters. The van der Waals surface area contributed by atoms with Gasteiger partial charge in [0, 0.05) is 11.5 Å². The Morgan fingerprint density at radius 1 is 1.53 bits per heavy atom. The summed E-state index contributed by atoms with van der Waals surface area (Å²) in [5.41, 5.74) is 2.20. The van der Waals surface area contributed by atoms with E-state index in [2.05, 4.69) is 12.5 Å². The average molecular weight is 254 g/mol. The molecule has 0 bridgehead atoms. The minimum atomic E-state index is -0.383. The van der Waals surface area contributed by atoms with Crippen LogP contribution < -0.4 is 10.4 Å². The highest BCUT2D eigenvalue weighted by Crippen LogP contribution is 2.26. The summed E-state index contributed by atoms with van der Waals surface area (Å²) in [6.45, 7) is 7.65. The smallest absolute Gasteiger partial charge is 0.344 e. The molecular formula is C16H14O3. The monoisotopic (exact) mass is 254 g/mol. The van der Waals surface area contributed by atoms with Crippen molar-refractivity contribution in [3.05, 3.63) is 46.3 Å². The summed E-state index contributed by atoms with van der Waals surface area (Å²) < 4.78 is 10.6. The normalized spacial score (nSPS) is 10.2. The molecule has 0 amide bonds. The van der Waals surface area contributed by atoms with Crippen LogP contribution in [0.15, 0.2) is 34.0 Å². The Balaban J connectivity index is 2.64. The lowest BCUT2D eigenvalue weighted by molar-refractivity contribution is 0.370. The Morgan fingerprint density at radius 2 is 2.26 bits per heavy atom. The second-order valence-electron chi connectivity index (χ2n) is 4.32. The SMILES string of the molecule is C#CCOc1ccc2c(C)c(C(=C)C)c(=O)oc2c1. The quantitative estimate of drug-likeness (QED) is 0.624. The van der Waals surface area contributed by atoms with Crippen LogP contribution in [-0.2, 0) is 0 Å². The molecule has 2 aromatic rings. The molecule has 0 aliphatic heterocycles. The minimum Gasteiger partial charge on any atom is -0.481 e. The third-order valence-electron chi connectivity index (χ3n) is 2.89. The molecule has 0 saturated carbocycles. The average Bonchev–Trinajstić information content (AvgIpc) is 2.35. The van der Waals surface area contributed by atoms with Crippen LogP contribution in [0.1, 0.15) is 18.1 Å². The molecule has 1 aromatic carbocycles. The highest BCUT2D eigenvalue weighted by molar-refractivity contribution is 5.85. The fourth-order valence-corrected chi connectivity index (χ4v) is 2.04. The molecule has 0 saturated heterocycles. The van der Waals surface area contributed by atoms with Crippen LogP contribution in [0.3, 0.4) is 0 Å². The Bertz CT molecular complexity index is 745. The highest BCUT2D eigenvalue weighted by atomic mass is 16.5. The molecule has 3 heteroatoms. The maximum atomic E-state index is 11.9. The lowest BCUT2D eigenvalue weighted by Crippen LogP contribution is -2.08.